The molecule has 7 heteroatoms. The molecule has 37 heavy (non-hydrogen) atoms. The van der Waals surface area contributed by atoms with Gasteiger partial charge < -0.3 is 10.8 Å². The van der Waals surface area contributed by atoms with Crippen molar-refractivity contribution in [3.05, 3.63) is 131 Å². The monoisotopic (exact) mass is 578 g/mol. The fourth-order valence-electron chi connectivity index (χ4n) is 2.45. The van der Waals surface area contributed by atoms with Gasteiger partial charge in [0.1, 0.15) is 0 Å². The van der Waals surface area contributed by atoms with Crippen LogP contribution in [-0.4, -0.2) is 34.8 Å². The van der Waals surface area contributed by atoms with Gasteiger partial charge in [-0.05, 0) is 62.4 Å². The topological polar surface area (TPSA) is 95.1 Å². The Morgan fingerprint density at radius 1 is 0.568 bits per heavy atom. The van der Waals surface area contributed by atoms with Gasteiger partial charge in [-0.1, -0.05) is 61.4 Å². The first-order chi connectivity index (χ1) is 17.5. The van der Waals surface area contributed by atoms with Crippen molar-refractivity contribution in [3.63, 3.8) is 0 Å². The second kappa shape index (κ2) is 21.3. The summed E-state index contributed by atoms with van der Waals surface area (Å²) in [6.07, 6.45) is 9.06. The van der Waals surface area contributed by atoms with E-state index in [1.165, 1.54) is 11.1 Å². The van der Waals surface area contributed by atoms with E-state index in [1.807, 2.05) is 84.9 Å². The predicted octanol–water partition coefficient (Wildman–Crippen LogP) is 7.57. The number of aryl methyl sites for hydroxylation is 2. The molecule has 4 rings (SSSR count). The van der Waals surface area contributed by atoms with Crippen molar-refractivity contribution in [1.29, 1.82) is 0 Å². The largest absolute Gasteiger partial charge is 2.00 e. The molecule has 0 saturated heterocycles. The van der Waals surface area contributed by atoms with Gasteiger partial charge in [-0.25, -0.2) is 12.4 Å². The summed E-state index contributed by atoms with van der Waals surface area (Å²) in [5, 5.41) is 14.9. The zero-order valence-electron chi connectivity index (χ0n) is 21.6. The van der Waals surface area contributed by atoms with E-state index < -0.39 is 0 Å². The van der Waals surface area contributed by atoms with Crippen LogP contribution in [0.25, 0.3) is 10.8 Å². The van der Waals surface area contributed by atoms with E-state index in [4.69, 9.17) is 10.8 Å². The summed E-state index contributed by atoms with van der Waals surface area (Å²) in [7, 11) is 0. The van der Waals surface area contributed by atoms with Crippen LogP contribution in [0, 0.1) is 13.8 Å². The van der Waals surface area contributed by atoms with Crippen molar-refractivity contribution < 1.29 is 19.5 Å². The van der Waals surface area contributed by atoms with E-state index in [0.717, 1.165) is 35.2 Å². The molecule has 0 aliphatic heterocycles. The molecule has 0 amide bonds. The fraction of sp³-hybridized carbons (Fsp3) is 0.133. The SMILES string of the molecule is CC=[N-].CC=[N-].Cc1ccc(N=Cc2ccccn2)cc1.Cc1ccc(N=Cc2ccccn2)cc1.[Ru+2]. The molecule has 0 fully saturated rings. The molecule has 6 nitrogen and oxygen atoms in total. The molecule has 0 aliphatic carbocycles. The number of hydrogen-bond donors (Lipinski definition) is 0. The third kappa shape index (κ3) is 16.4. The maximum Gasteiger partial charge on any atom is 2.00 e. The van der Waals surface area contributed by atoms with Gasteiger partial charge >= 0.3 is 19.5 Å². The number of pyridine rings is 2. The summed E-state index contributed by atoms with van der Waals surface area (Å²) in [5.41, 5.74) is 6.13. The number of aliphatic imine (C=N–C) groups is 2. The summed E-state index contributed by atoms with van der Waals surface area (Å²) in [4.78, 5) is 17.0. The zero-order valence-corrected chi connectivity index (χ0v) is 23.3. The van der Waals surface area contributed by atoms with Gasteiger partial charge in [0.2, 0.25) is 0 Å². The number of benzene rings is 2. The Bertz CT molecular complexity index is 1080. The molecule has 0 unspecified atom stereocenters. The van der Waals surface area contributed by atoms with E-state index in [0.29, 0.717) is 0 Å². The fourth-order valence-corrected chi connectivity index (χ4v) is 2.45. The molecule has 0 radical (unpaired) electrons. The van der Waals surface area contributed by atoms with Gasteiger partial charge in [-0.2, -0.15) is 0 Å². The smallest absolute Gasteiger partial charge is 0.814 e. The summed E-state index contributed by atoms with van der Waals surface area (Å²) in [5.74, 6) is 0. The average Bonchev–Trinajstić information content (AvgIpc) is 2.91. The minimum absolute atomic E-state index is 0. The van der Waals surface area contributed by atoms with E-state index in [9.17, 15) is 0 Å². The van der Waals surface area contributed by atoms with Crippen LogP contribution in [0.1, 0.15) is 36.4 Å². The van der Waals surface area contributed by atoms with Crippen LogP contribution < -0.4 is 0 Å². The Labute approximate surface area is 233 Å². The van der Waals surface area contributed by atoms with Crippen LogP contribution in [0.2, 0.25) is 0 Å². The van der Waals surface area contributed by atoms with E-state index >= 15 is 0 Å². The van der Waals surface area contributed by atoms with Crippen LogP contribution in [0.4, 0.5) is 11.4 Å². The number of hydrogen-bond acceptors (Lipinski definition) is 4. The molecule has 2 aromatic heterocycles. The molecular weight excluding hydrogens is 545 g/mol. The Morgan fingerprint density at radius 2 is 0.892 bits per heavy atom. The minimum Gasteiger partial charge on any atom is -0.814 e. The van der Waals surface area contributed by atoms with E-state index in [-0.39, 0.29) is 19.5 Å². The Hall–Kier alpha value is -3.96. The summed E-state index contributed by atoms with van der Waals surface area (Å²) >= 11 is 0. The summed E-state index contributed by atoms with van der Waals surface area (Å²) < 4.78 is 0. The van der Waals surface area contributed by atoms with Crippen LogP contribution in [0.5, 0.6) is 0 Å². The Morgan fingerprint density at radius 3 is 1.16 bits per heavy atom. The molecule has 2 aromatic carbocycles. The second-order valence-electron chi connectivity index (χ2n) is 7.21. The first-order valence-electron chi connectivity index (χ1n) is 11.4. The Kier molecular flexibility index (Phi) is 19.1. The maximum absolute atomic E-state index is 7.44. The van der Waals surface area contributed by atoms with Crippen LogP contribution >= 0.6 is 0 Å². The van der Waals surface area contributed by atoms with Crippen LogP contribution in [0.15, 0.2) is 107 Å². The third-order valence-electron chi connectivity index (χ3n) is 4.14. The van der Waals surface area contributed by atoms with E-state index in [2.05, 4.69) is 33.8 Å². The predicted molar refractivity (Wildman–Crippen MR) is 156 cm³/mol. The summed E-state index contributed by atoms with van der Waals surface area (Å²) in [6.45, 7) is 7.23. The number of rotatable bonds is 4. The zero-order chi connectivity index (χ0) is 26.4. The van der Waals surface area contributed by atoms with Crippen molar-refractivity contribution in [2.45, 2.75) is 27.7 Å². The quantitative estimate of drug-likeness (QED) is 0.185. The Balaban J connectivity index is 0.000000566. The second-order valence-corrected chi connectivity index (χ2v) is 7.21. The minimum atomic E-state index is 0. The summed E-state index contributed by atoms with van der Waals surface area (Å²) in [6, 6.07) is 27.7. The number of nitrogens with zero attached hydrogens (tertiary/aromatic N) is 6. The van der Waals surface area contributed by atoms with Gasteiger partial charge in [0, 0.05) is 12.4 Å². The molecule has 0 saturated carbocycles. The first kappa shape index (κ1) is 33.0. The number of aromatic nitrogens is 2. The normalized spacial score (nSPS) is 9.41. The molecule has 2 heterocycles. The molecular formula is C30H32N6Ru. The van der Waals surface area contributed by atoms with Gasteiger partial charge in [0.05, 0.1) is 35.2 Å². The third-order valence-corrected chi connectivity index (χ3v) is 4.14. The van der Waals surface area contributed by atoms with Crippen molar-refractivity contribution in [2.75, 3.05) is 0 Å². The molecule has 4 aromatic rings. The molecule has 0 bridgehead atoms. The van der Waals surface area contributed by atoms with Gasteiger partial charge in [-0.15, -0.1) is 0 Å². The molecule has 0 atom stereocenters. The van der Waals surface area contributed by atoms with Crippen LogP contribution in [0.3, 0.4) is 0 Å². The standard InChI is InChI=1S/2C13H12N2.2C2H4N.Ru/c2*1-11-5-7-12(8-6-11)15-10-13-4-2-3-9-14-13;2*1-2-3;/h2*2-10H,1H3;2*2H,1H3;/q;;2*-1;+2. The first-order valence-corrected chi connectivity index (χ1v) is 11.4. The van der Waals surface area contributed by atoms with Gasteiger partial charge in [-0.3, -0.25) is 20.0 Å². The van der Waals surface area contributed by atoms with Crippen molar-refractivity contribution in [2.24, 2.45) is 9.98 Å². The van der Waals surface area contributed by atoms with Gasteiger partial charge in [0.15, 0.2) is 0 Å². The molecule has 0 N–H and O–H groups in total. The average molecular weight is 578 g/mol. The van der Waals surface area contributed by atoms with Gasteiger partial charge in [0.25, 0.3) is 0 Å². The van der Waals surface area contributed by atoms with Crippen molar-refractivity contribution in [3.8, 4) is 0 Å². The van der Waals surface area contributed by atoms with Crippen LogP contribution in [-0.2, 0) is 19.5 Å². The van der Waals surface area contributed by atoms with E-state index in [1.54, 1.807) is 38.7 Å². The molecule has 0 spiro atoms. The maximum atomic E-state index is 7.44. The molecule has 0 aliphatic rings. The van der Waals surface area contributed by atoms with Crippen molar-refractivity contribution >= 4 is 36.2 Å². The van der Waals surface area contributed by atoms with Crippen molar-refractivity contribution in [1.82, 2.24) is 9.97 Å². The molecule has 190 valence electrons.